The fourth-order valence-electron chi connectivity index (χ4n) is 1.79. The summed E-state index contributed by atoms with van der Waals surface area (Å²) in [5, 5.41) is 9.10. The predicted octanol–water partition coefficient (Wildman–Crippen LogP) is 4.43. The van der Waals surface area contributed by atoms with Gasteiger partial charge in [-0.2, -0.15) is 0 Å². The van der Waals surface area contributed by atoms with E-state index in [2.05, 4.69) is 20.9 Å². The lowest BCUT2D eigenvalue weighted by molar-refractivity contribution is 0.0696. The van der Waals surface area contributed by atoms with Gasteiger partial charge in [0.15, 0.2) is 11.6 Å². The number of hydrogen-bond donors (Lipinski definition) is 1. The van der Waals surface area contributed by atoms with Crippen molar-refractivity contribution in [1.29, 1.82) is 0 Å². The number of ether oxygens (including phenoxy) is 1. The van der Waals surface area contributed by atoms with Gasteiger partial charge in [0, 0.05) is 16.2 Å². The molecular formula is C15H13BrFNO3. The molecule has 2 aromatic rings. The summed E-state index contributed by atoms with van der Waals surface area (Å²) in [6.45, 7) is 1.96. The van der Waals surface area contributed by atoms with Crippen molar-refractivity contribution in [1.82, 2.24) is 4.98 Å². The minimum Gasteiger partial charge on any atom is -0.478 e. The van der Waals surface area contributed by atoms with E-state index in [1.54, 1.807) is 6.07 Å². The van der Waals surface area contributed by atoms with E-state index in [9.17, 15) is 9.18 Å². The van der Waals surface area contributed by atoms with Crippen LogP contribution in [-0.4, -0.2) is 16.1 Å². The molecule has 1 N–H and O–H groups in total. The summed E-state index contributed by atoms with van der Waals surface area (Å²) >= 11 is 3.16. The maximum atomic E-state index is 13.7. The van der Waals surface area contributed by atoms with Crippen LogP contribution in [0.4, 0.5) is 4.39 Å². The Kier molecular flexibility index (Phi) is 4.90. The summed E-state index contributed by atoms with van der Waals surface area (Å²) in [6, 6.07) is 7.13. The van der Waals surface area contributed by atoms with Gasteiger partial charge in [-0.15, -0.1) is 0 Å². The Hall–Kier alpha value is -1.95. The Labute approximate surface area is 129 Å². The Morgan fingerprint density at radius 1 is 1.38 bits per heavy atom. The van der Waals surface area contributed by atoms with E-state index in [0.29, 0.717) is 16.6 Å². The fraction of sp³-hybridized carbons (Fsp3) is 0.200. The zero-order chi connectivity index (χ0) is 15.4. The minimum absolute atomic E-state index is 0.00399. The number of nitrogens with zero attached hydrogens (tertiary/aromatic N) is 1. The first-order chi connectivity index (χ1) is 9.99. The van der Waals surface area contributed by atoms with Crippen LogP contribution in [0.2, 0.25) is 0 Å². The van der Waals surface area contributed by atoms with Crippen molar-refractivity contribution in [3.05, 3.63) is 51.9 Å². The molecule has 2 rings (SSSR count). The summed E-state index contributed by atoms with van der Waals surface area (Å²) in [5.74, 6) is -1.56. The maximum absolute atomic E-state index is 13.7. The largest absolute Gasteiger partial charge is 0.478 e. The third-order valence-electron chi connectivity index (χ3n) is 2.72. The standard InChI is InChI=1S/C15H13BrFNO3/c1-2-3-11-6-9(15(19)20)7-14(18-11)21-13-5-4-10(16)8-12(13)17/h4-8H,2-3H2,1H3,(H,19,20). The second-order valence-corrected chi connectivity index (χ2v) is 5.33. The molecule has 0 saturated heterocycles. The lowest BCUT2D eigenvalue weighted by Crippen LogP contribution is -2.02. The highest BCUT2D eigenvalue weighted by molar-refractivity contribution is 9.10. The monoisotopic (exact) mass is 353 g/mol. The zero-order valence-electron chi connectivity index (χ0n) is 11.3. The summed E-state index contributed by atoms with van der Waals surface area (Å²) in [4.78, 5) is 15.3. The number of carbonyl (C=O) groups is 1. The summed E-state index contributed by atoms with van der Waals surface area (Å²) < 4.78 is 19.7. The highest BCUT2D eigenvalue weighted by Crippen LogP contribution is 2.26. The first kappa shape index (κ1) is 15.4. The van der Waals surface area contributed by atoms with Gasteiger partial charge >= 0.3 is 5.97 Å². The lowest BCUT2D eigenvalue weighted by atomic mass is 10.1. The molecule has 0 radical (unpaired) electrons. The van der Waals surface area contributed by atoms with E-state index < -0.39 is 11.8 Å². The van der Waals surface area contributed by atoms with E-state index in [0.717, 1.165) is 6.42 Å². The van der Waals surface area contributed by atoms with Gasteiger partial charge in [-0.1, -0.05) is 29.3 Å². The van der Waals surface area contributed by atoms with Crippen molar-refractivity contribution in [2.75, 3.05) is 0 Å². The molecule has 0 unspecified atom stereocenters. The Morgan fingerprint density at radius 3 is 2.76 bits per heavy atom. The molecule has 0 aliphatic rings. The summed E-state index contributed by atoms with van der Waals surface area (Å²) in [5.41, 5.74) is 0.672. The maximum Gasteiger partial charge on any atom is 0.335 e. The quantitative estimate of drug-likeness (QED) is 0.863. The normalized spacial score (nSPS) is 10.4. The van der Waals surface area contributed by atoms with Crippen molar-refractivity contribution in [3.8, 4) is 11.6 Å². The van der Waals surface area contributed by atoms with E-state index in [1.807, 2.05) is 6.92 Å². The molecule has 0 aliphatic heterocycles. The van der Waals surface area contributed by atoms with E-state index in [1.165, 1.54) is 24.3 Å². The smallest absolute Gasteiger partial charge is 0.335 e. The first-order valence-electron chi connectivity index (χ1n) is 6.36. The second-order valence-electron chi connectivity index (χ2n) is 4.42. The van der Waals surface area contributed by atoms with Crippen molar-refractivity contribution in [3.63, 3.8) is 0 Å². The number of aromatic nitrogens is 1. The predicted molar refractivity (Wildman–Crippen MR) is 79.4 cm³/mol. The highest BCUT2D eigenvalue weighted by atomic mass is 79.9. The highest BCUT2D eigenvalue weighted by Gasteiger charge is 2.12. The molecule has 110 valence electrons. The Balaban J connectivity index is 2.36. The molecule has 0 bridgehead atoms. The van der Waals surface area contributed by atoms with Gasteiger partial charge in [-0.05, 0) is 30.7 Å². The summed E-state index contributed by atoms with van der Waals surface area (Å²) in [7, 11) is 0. The Morgan fingerprint density at radius 2 is 2.14 bits per heavy atom. The van der Waals surface area contributed by atoms with Crippen LogP contribution in [0, 0.1) is 5.82 Å². The van der Waals surface area contributed by atoms with Crippen LogP contribution in [-0.2, 0) is 6.42 Å². The number of pyridine rings is 1. The number of carboxylic acids is 1. The third kappa shape index (κ3) is 4.01. The van der Waals surface area contributed by atoms with Gasteiger partial charge in [0.1, 0.15) is 0 Å². The number of hydrogen-bond acceptors (Lipinski definition) is 3. The van der Waals surface area contributed by atoms with E-state index in [-0.39, 0.29) is 17.2 Å². The van der Waals surface area contributed by atoms with E-state index >= 15 is 0 Å². The number of aryl methyl sites for hydroxylation is 1. The number of halogens is 2. The molecule has 1 heterocycles. The summed E-state index contributed by atoms with van der Waals surface area (Å²) in [6.07, 6.45) is 1.45. The number of benzene rings is 1. The molecule has 0 atom stereocenters. The van der Waals surface area contributed by atoms with Crippen LogP contribution in [0.15, 0.2) is 34.8 Å². The minimum atomic E-state index is -1.07. The molecule has 0 fully saturated rings. The third-order valence-corrected chi connectivity index (χ3v) is 3.21. The molecule has 1 aromatic heterocycles. The van der Waals surface area contributed by atoms with Gasteiger partial charge in [-0.3, -0.25) is 0 Å². The Bertz CT molecular complexity index is 676. The SMILES string of the molecule is CCCc1cc(C(=O)O)cc(Oc2ccc(Br)cc2F)n1. The number of rotatable bonds is 5. The van der Waals surface area contributed by atoms with Crippen LogP contribution < -0.4 is 4.74 Å². The first-order valence-corrected chi connectivity index (χ1v) is 7.16. The van der Waals surface area contributed by atoms with Crippen molar-refractivity contribution >= 4 is 21.9 Å². The van der Waals surface area contributed by atoms with Crippen molar-refractivity contribution < 1.29 is 19.0 Å². The molecule has 0 amide bonds. The van der Waals surface area contributed by atoms with Gasteiger partial charge in [0.2, 0.25) is 5.88 Å². The molecule has 1 aromatic carbocycles. The molecule has 0 aliphatic carbocycles. The average molecular weight is 354 g/mol. The van der Waals surface area contributed by atoms with Gasteiger partial charge in [-0.25, -0.2) is 14.2 Å². The molecular weight excluding hydrogens is 341 g/mol. The van der Waals surface area contributed by atoms with E-state index in [4.69, 9.17) is 9.84 Å². The number of aromatic carboxylic acids is 1. The number of carboxylic acid groups (broad SMARTS) is 1. The van der Waals surface area contributed by atoms with Crippen molar-refractivity contribution in [2.45, 2.75) is 19.8 Å². The van der Waals surface area contributed by atoms with Gasteiger partial charge in [0.05, 0.1) is 5.56 Å². The molecule has 6 heteroatoms. The fourth-order valence-corrected chi connectivity index (χ4v) is 2.12. The van der Waals surface area contributed by atoms with Crippen LogP contribution in [0.25, 0.3) is 0 Å². The molecule has 21 heavy (non-hydrogen) atoms. The lowest BCUT2D eigenvalue weighted by Gasteiger charge is -2.09. The van der Waals surface area contributed by atoms with Gasteiger partial charge in [0.25, 0.3) is 0 Å². The van der Waals surface area contributed by atoms with Crippen LogP contribution >= 0.6 is 15.9 Å². The molecule has 0 spiro atoms. The van der Waals surface area contributed by atoms with Crippen molar-refractivity contribution in [2.24, 2.45) is 0 Å². The van der Waals surface area contributed by atoms with Gasteiger partial charge < -0.3 is 9.84 Å². The van der Waals surface area contributed by atoms with Crippen LogP contribution in [0.5, 0.6) is 11.6 Å². The average Bonchev–Trinajstić information content (AvgIpc) is 2.42. The topological polar surface area (TPSA) is 59.4 Å². The second kappa shape index (κ2) is 6.67. The van der Waals surface area contributed by atoms with Crippen LogP contribution in [0.3, 0.4) is 0 Å². The molecule has 4 nitrogen and oxygen atoms in total. The molecule has 0 saturated carbocycles. The zero-order valence-corrected chi connectivity index (χ0v) is 12.9. The van der Waals surface area contributed by atoms with Crippen LogP contribution in [0.1, 0.15) is 29.4 Å².